The van der Waals surface area contributed by atoms with Crippen molar-refractivity contribution in [3.8, 4) is 5.75 Å². The van der Waals surface area contributed by atoms with Crippen molar-refractivity contribution in [2.24, 2.45) is 5.92 Å². The van der Waals surface area contributed by atoms with E-state index in [0.29, 0.717) is 51.7 Å². The average Bonchev–Trinajstić information content (AvgIpc) is 3.16. The third-order valence-electron chi connectivity index (χ3n) is 6.94. The van der Waals surface area contributed by atoms with Crippen molar-refractivity contribution in [1.82, 2.24) is 9.88 Å². The molecule has 5 rings (SSSR count). The minimum atomic E-state index is -0.710. The third-order valence-corrected chi connectivity index (χ3v) is 6.94. The lowest BCUT2D eigenvalue weighted by atomic mass is 9.94. The molecule has 0 saturated carbocycles. The lowest BCUT2D eigenvalue weighted by Gasteiger charge is -2.31. The summed E-state index contributed by atoms with van der Waals surface area (Å²) in [6.07, 6.45) is 5.95. The van der Waals surface area contributed by atoms with E-state index in [1.807, 2.05) is 4.90 Å². The van der Waals surface area contributed by atoms with Crippen LogP contribution in [0.4, 0.5) is 8.78 Å². The van der Waals surface area contributed by atoms with Crippen LogP contribution in [0.5, 0.6) is 5.75 Å². The zero-order valence-electron chi connectivity index (χ0n) is 20.0. The minimum absolute atomic E-state index is 0.118. The van der Waals surface area contributed by atoms with Crippen LogP contribution in [0.3, 0.4) is 0 Å². The average molecular weight is 489 g/mol. The monoisotopic (exact) mass is 488 g/mol. The number of hydrogen-bond acceptors (Lipinski definition) is 4. The van der Waals surface area contributed by atoms with Crippen LogP contribution in [0, 0.1) is 17.6 Å². The first kappa shape index (κ1) is 23.9. The number of halogens is 2. The summed E-state index contributed by atoms with van der Waals surface area (Å²) in [4.78, 5) is 31.1. The zero-order chi connectivity index (χ0) is 25.2. The molecule has 36 heavy (non-hydrogen) atoms. The number of hydrogen-bond donors (Lipinski definition) is 0. The Kier molecular flexibility index (Phi) is 6.63. The largest absolute Gasteiger partial charge is 0.494 e. The summed E-state index contributed by atoms with van der Waals surface area (Å²) in [6, 6.07) is 12.0. The number of ether oxygens (including phenoxy) is 1. The summed E-state index contributed by atoms with van der Waals surface area (Å²) in [6.45, 7) is 3.66. The number of likely N-dealkylation sites (tertiary alicyclic amines) is 1. The summed E-state index contributed by atoms with van der Waals surface area (Å²) >= 11 is 0. The van der Waals surface area contributed by atoms with Gasteiger partial charge in [-0.15, -0.1) is 0 Å². The van der Waals surface area contributed by atoms with Gasteiger partial charge in [0.2, 0.25) is 5.91 Å². The number of allylic oxidation sites excluding steroid dienone is 1. The van der Waals surface area contributed by atoms with E-state index >= 15 is 0 Å². The van der Waals surface area contributed by atoms with Crippen molar-refractivity contribution in [2.45, 2.75) is 26.2 Å². The van der Waals surface area contributed by atoms with E-state index in [0.717, 1.165) is 38.4 Å². The number of carbonyl (C=O) groups is 2. The molecule has 0 radical (unpaired) electrons. The van der Waals surface area contributed by atoms with Gasteiger partial charge >= 0.3 is 0 Å². The highest BCUT2D eigenvalue weighted by atomic mass is 19.1. The molecule has 7 heteroatoms. The molecule has 0 N–H and O–H groups in total. The van der Waals surface area contributed by atoms with Crippen molar-refractivity contribution >= 4 is 22.8 Å². The number of nitrogens with zero attached hydrogens (tertiary/aromatic N) is 2. The molecule has 5 nitrogen and oxygen atoms in total. The molecular weight excluding hydrogens is 462 g/mol. The number of rotatable bonds is 6. The van der Waals surface area contributed by atoms with Gasteiger partial charge in [0, 0.05) is 60.7 Å². The molecule has 0 unspecified atom stereocenters. The van der Waals surface area contributed by atoms with Crippen LogP contribution in [0.1, 0.15) is 53.2 Å². The van der Waals surface area contributed by atoms with E-state index < -0.39 is 11.6 Å². The summed E-state index contributed by atoms with van der Waals surface area (Å²) in [5.41, 5.74) is 2.75. The molecule has 1 aliphatic carbocycles. The van der Waals surface area contributed by atoms with Gasteiger partial charge in [0.1, 0.15) is 17.4 Å². The maximum absolute atomic E-state index is 14.1. The van der Waals surface area contributed by atoms with E-state index in [9.17, 15) is 18.4 Å². The fourth-order valence-electron chi connectivity index (χ4n) is 5.07. The molecule has 2 heterocycles. The number of amides is 1. The second-order valence-corrected chi connectivity index (χ2v) is 9.27. The molecule has 2 aromatic carbocycles. The van der Waals surface area contributed by atoms with Gasteiger partial charge in [-0.3, -0.25) is 14.6 Å². The van der Waals surface area contributed by atoms with E-state index in [-0.39, 0.29) is 11.7 Å². The quantitative estimate of drug-likeness (QED) is 0.457. The molecule has 2 aliphatic rings. The zero-order valence-corrected chi connectivity index (χ0v) is 20.0. The number of fused-ring (bicyclic) bond motifs is 1. The van der Waals surface area contributed by atoms with Gasteiger partial charge in [-0.2, -0.15) is 0 Å². The third kappa shape index (κ3) is 4.78. The van der Waals surface area contributed by atoms with Crippen LogP contribution < -0.4 is 4.74 Å². The molecule has 1 fully saturated rings. The molecule has 0 bridgehead atoms. The van der Waals surface area contributed by atoms with Gasteiger partial charge < -0.3 is 9.64 Å². The predicted octanol–water partition coefficient (Wildman–Crippen LogP) is 5.54. The summed E-state index contributed by atoms with van der Waals surface area (Å²) in [5, 5.41) is 0. The van der Waals surface area contributed by atoms with Crippen LogP contribution in [-0.2, 0) is 4.79 Å². The molecule has 0 atom stereocenters. The van der Waals surface area contributed by atoms with Crippen LogP contribution in [0.15, 0.2) is 60.9 Å². The Morgan fingerprint density at radius 3 is 2.42 bits per heavy atom. The molecule has 3 aromatic rings. The Morgan fingerprint density at radius 1 is 1.00 bits per heavy atom. The second-order valence-electron chi connectivity index (χ2n) is 9.27. The number of ketones is 1. The van der Waals surface area contributed by atoms with Gasteiger partial charge in [-0.05, 0) is 72.7 Å². The van der Waals surface area contributed by atoms with Gasteiger partial charge in [0.25, 0.3) is 0 Å². The highest BCUT2D eigenvalue weighted by Crippen LogP contribution is 2.43. The molecule has 184 valence electrons. The van der Waals surface area contributed by atoms with Crippen LogP contribution in [0.2, 0.25) is 0 Å². The SMILES string of the molecule is CC(=O)N1CCC(CCOc2ccc3c(c2)C(=O)C(c2cccnc2)=C3c2cc(F)cc(F)c2)CC1. The first-order valence-electron chi connectivity index (χ1n) is 12.1. The van der Waals surface area contributed by atoms with Crippen molar-refractivity contribution < 1.29 is 23.1 Å². The topological polar surface area (TPSA) is 59.5 Å². The second kappa shape index (κ2) is 10.0. The molecule has 1 saturated heterocycles. The first-order valence-corrected chi connectivity index (χ1v) is 12.1. The van der Waals surface area contributed by atoms with E-state index in [1.54, 1.807) is 49.6 Å². The van der Waals surface area contributed by atoms with Gasteiger partial charge in [0.05, 0.1) is 6.61 Å². The number of benzene rings is 2. The normalized spacial score (nSPS) is 15.9. The molecule has 1 amide bonds. The maximum Gasteiger partial charge on any atom is 0.219 e. The van der Waals surface area contributed by atoms with Crippen molar-refractivity contribution in [3.63, 3.8) is 0 Å². The smallest absolute Gasteiger partial charge is 0.219 e. The fraction of sp³-hybridized carbons (Fsp3) is 0.276. The van der Waals surface area contributed by atoms with Crippen LogP contribution in [0.25, 0.3) is 11.1 Å². The van der Waals surface area contributed by atoms with Gasteiger partial charge in [-0.1, -0.05) is 6.07 Å². The maximum atomic E-state index is 14.1. The van der Waals surface area contributed by atoms with E-state index in [4.69, 9.17) is 4.74 Å². The Balaban J connectivity index is 1.38. The Hall–Kier alpha value is -3.87. The molecule has 0 spiro atoms. The fourth-order valence-corrected chi connectivity index (χ4v) is 5.07. The highest BCUT2D eigenvalue weighted by Gasteiger charge is 2.32. The minimum Gasteiger partial charge on any atom is -0.494 e. The Bertz CT molecular complexity index is 1330. The van der Waals surface area contributed by atoms with Crippen LogP contribution in [-0.4, -0.2) is 41.3 Å². The van der Waals surface area contributed by atoms with E-state index in [1.165, 1.54) is 12.1 Å². The lowest BCUT2D eigenvalue weighted by Crippen LogP contribution is -2.37. The van der Waals surface area contributed by atoms with E-state index in [2.05, 4.69) is 4.98 Å². The van der Waals surface area contributed by atoms with Gasteiger partial charge in [0.15, 0.2) is 5.78 Å². The van der Waals surface area contributed by atoms with Crippen LogP contribution >= 0.6 is 0 Å². The predicted molar refractivity (Wildman–Crippen MR) is 132 cm³/mol. The Morgan fingerprint density at radius 2 is 1.75 bits per heavy atom. The number of aromatic nitrogens is 1. The van der Waals surface area contributed by atoms with Crippen molar-refractivity contribution in [1.29, 1.82) is 0 Å². The summed E-state index contributed by atoms with van der Waals surface area (Å²) < 4.78 is 34.2. The van der Waals surface area contributed by atoms with Crippen molar-refractivity contribution in [3.05, 3.63) is 94.8 Å². The first-order chi connectivity index (χ1) is 17.4. The highest BCUT2D eigenvalue weighted by molar-refractivity contribution is 6.41. The number of Topliss-reactive ketones (excluding diaryl/α,β-unsaturated/α-hetero) is 1. The molecule has 1 aliphatic heterocycles. The number of carbonyl (C=O) groups excluding carboxylic acids is 2. The summed E-state index contributed by atoms with van der Waals surface area (Å²) in [7, 11) is 0. The van der Waals surface area contributed by atoms with Crippen molar-refractivity contribution in [2.75, 3.05) is 19.7 Å². The standard InChI is InChI=1S/C29H26F2N2O3/c1-18(34)33-10-6-19(7-11-33)8-12-36-24-4-5-25-26(16-24)29(35)28(20-3-2-9-32-17-20)27(25)21-13-22(30)15-23(31)14-21/h2-5,9,13-17,19H,6-8,10-12H2,1H3. The van der Waals surface area contributed by atoms with Gasteiger partial charge in [-0.25, -0.2) is 8.78 Å². The Labute approximate surface area is 208 Å². The summed E-state index contributed by atoms with van der Waals surface area (Å²) in [5.74, 6) is -0.478. The number of pyridine rings is 1. The lowest BCUT2D eigenvalue weighted by molar-refractivity contribution is -0.130. The molecule has 1 aromatic heterocycles. The number of piperidine rings is 1. The molecular formula is C29H26F2N2O3.